The molecule has 2 rings (SSSR count). The smallest absolute Gasteiger partial charge is 0.251 e. The van der Waals surface area contributed by atoms with Gasteiger partial charge in [-0.3, -0.25) is 4.79 Å². The first-order valence-electron chi connectivity index (χ1n) is 5.93. The van der Waals surface area contributed by atoms with E-state index in [2.05, 4.69) is 21.2 Å². The SMILES string of the molecule is O=C(NCCc1ccccc1)c1cc(Cl)cc(Br)c1. The maximum Gasteiger partial charge on any atom is 0.251 e. The molecule has 4 heteroatoms. The van der Waals surface area contributed by atoms with Gasteiger partial charge in [0.2, 0.25) is 0 Å². The quantitative estimate of drug-likeness (QED) is 0.894. The zero-order valence-corrected chi connectivity index (χ0v) is 12.5. The summed E-state index contributed by atoms with van der Waals surface area (Å²) in [4.78, 5) is 11.9. The van der Waals surface area contributed by atoms with Gasteiger partial charge < -0.3 is 5.32 Å². The predicted molar refractivity (Wildman–Crippen MR) is 81.6 cm³/mol. The lowest BCUT2D eigenvalue weighted by Gasteiger charge is -2.06. The second-order valence-electron chi connectivity index (χ2n) is 4.15. The molecule has 0 aromatic heterocycles. The average Bonchev–Trinajstić information content (AvgIpc) is 2.38. The molecule has 1 N–H and O–H groups in total. The first-order valence-corrected chi connectivity index (χ1v) is 7.10. The number of halogens is 2. The monoisotopic (exact) mass is 337 g/mol. The Morgan fingerprint density at radius 3 is 2.58 bits per heavy atom. The summed E-state index contributed by atoms with van der Waals surface area (Å²) < 4.78 is 0.799. The number of benzene rings is 2. The largest absolute Gasteiger partial charge is 0.352 e. The van der Waals surface area contributed by atoms with Crippen molar-refractivity contribution in [2.45, 2.75) is 6.42 Å². The maximum absolute atomic E-state index is 11.9. The number of nitrogens with one attached hydrogen (secondary N) is 1. The topological polar surface area (TPSA) is 29.1 Å². The Kier molecular flexibility index (Phi) is 5.00. The Morgan fingerprint density at radius 2 is 1.89 bits per heavy atom. The molecule has 0 saturated heterocycles. The van der Waals surface area contributed by atoms with Crippen molar-refractivity contribution in [1.82, 2.24) is 5.32 Å². The Labute approximate surface area is 125 Å². The molecule has 19 heavy (non-hydrogen) atoms. The molecular formula is C15H13BrClNO. The van der Waals surface area contributed by atoms with Crippen LogP contribution in [0, 0.1) is 0 Å². The number of carbonyl (C=O) groups excluding carboxylic acids is 1. The average molecular weight is 339 g/mol. The van der Waals surface area contributed by atoms with E-state index in [0.717, 1.165) is 10.9 Å². The normalized spacial score (nSPS) is 10.2. The Bertz CT molecular complexity index is 551. The van der Waals surface area contributed by atoms with Gasteiger partial charge in [-0.2, -0.15) is 0 Å². The van der Waals surface area contributed by atoms with Gasteiger partial charge in [0.15, 0.2) is 0 Å². The minimum atomic E-state index is -0.112. The van der Waals surface area contributed by atoms with Crippen molar-refractivity contribution in [2.75, 3.05) is 6.54 Å². The first kappa shape index (κ1) is 14.1. The van der Waals surface area contributed by atoms with Crippen molar-refractivity contribution in [2.24, 2.45) is 0 Å². The van der Waals surface area contributed by atoms with E-state index in [1.807, 2.05) is 30.3 Å². The third-order valence-corrected chi connectivity index (χ3v) is 3.34. The summed E-state index contributed by atoms with van der Waals surface area (Å²) in [6.07, 6.45) is 0.814. The Morgan fingerprint density at radius 1 is 1.16 bits per heavy atom. The third-order valence-electron chi connectivity index (χ3n) is 2.67. The van der Waals surface area contributed by atoms with Gasteiger partial charge in [-0.1, -0.05) is 57.9 Å². The summed E-state index contributed by atoms with van der Waals surface area (Å²) in [5, 5.41) is 3.43. The van der Waals surface area contributed by atoms with Crippen LogP contribution in [0.15, 0.2) is 53.0 Å². The van der Waals surface area contributed by atoms with Gasteiger partial charge in [0.25, 0.3) is 5.91 Å². The molecule has 2 aromatic rings. The molecule has 0 radical (unpaired) electrons. The highest BCUT2D eigenvalue weighted by atomic mass is 79.9. The van der Waals surface area contributed by atoms with E-state index in [1.54, 1.807) is 18.2 Å². The van der Waals surface area contributed by atoms with Crippen molar-refractivity contribution in [3.63, 3.8) is 0 Å². The lowest BCUT2D eigenvalue weighted by atomic mass is 10.1. The highest BCUT2D eigenvalue weighted by molar-refractivity contribution is 9.10. The first-order chi connectivity index (χ1) is 9.15. The second-order valence-corrected chi connectivity index (χ2v) is 5.50. The Hall–Kier alpha value is -1.32. The molecule has 2 nitrogen and oxygen atoms in total. The fourth-order valence-corrected chi connectivity index (χ4v) is 2.61. The number of hydrogen-bond acceptors (Lipinski definition) is 1. The van der Waals surface area contributed by atoms with Gasteiger partial charge in [0, 0.05) is 21.6 Å². The highest BCUT2D eigenvalue weighted by Gasteiger charge is 2.07. The van der Waals surface area contributed by atoms with Crippen LogP contribution in [0.4, 0.5) is 0 Å². The van der Waals surface area contributed by atoms with Gasteiger partial charge in [0.1, 0.15) is 0 Å². The van der Waals surface area contributed by atoms with Crippen LogP contribution in [0.1, 0.15) is 15.9 Å². The molecule has 2 aromatic carbocycles. The zero-order chi connectivity index (χ0) is 13.7. The van der Waals surface area contributed by atoms with Crippen LogP contribution < -0.4 is 5.32 Å². The van der Waals surface area contributed by atoms with Crippen LogP contribution in [-0.4, -0.2) is 12.5 Å². The maximum atomic E-state index is 11.9. The van der Waals surface area contributed by atoms with Crippen LogP contribution in [0.3, 0.4) is 0 Å². The molecular weight excluding hydrogens is 326 g/mol. The summed E-state index contributed by atoms with van der Waals surface area (Å²) in [6, 6.07) is 15.2. The summed E-state index contributed by atoms with van der Waals surface area (Å²) >= 11 is 9.24. The molecule has 0 fully saturated rings. The van der Waals surface area contributed by atoms with E-state index in [0.29, 0.717) is 17.1 Å². The fourth-order valence-electron chi connectivity index (χ4n) is 1.75. The van der Waals surface area contributed by atoms with Crippen molar-refractivity contribution in [3.05, 3.63) is 69.2 Å². The van der Waals surface area contributed by atoms with E-state index in [1.165, 1.54) is 5.56 Å². The fraction of sp³-hybridized carbons (Fsp3) is 0.133. The van der Waals surface area contributed by atoms with Gasteiger partial charge in [0.05, 0.1) is 0 Å². The molecule has 0 heterocycles. The molecule has 0 bridgehead atoms. The van der Waals surface area contributed by atoms with E-state index in [-0.39, 0.29) is 5.91 Å². The van der Waals surface area contributed by atoms with E-state index >= 15 is 0 Å². The highest BCUT2D eigenvalue weighted by Crippen LogP contribution is 2.19. The number of amides is 1. The number of hydrogen-bond donors (Lipinski definition) is 1. The van der Waals surface area contributed by atoms with E-state index in [4.69, 9.17) is 11.6 Å². The van der Waals surface area contributed by atoms with Gasteiger partial charge in [-0.25, -0.2) is 0 Å². The van der Waals surface area contributed by atoms with Crippen molar-refractivity contribution >= 4 is 33.4 Å². The second kappa shape index (κ2) is 6.73. The number of carbonyl (C=O) groups is 1. The summed E-state index contributed by atoms with van der Waals surface area (Å²) in [7, 11) is 0. The van der Waals surface area contributed by atoms with Crippen LogP contribution >= 0.6 is 27.5 Å². The molecule has 1 amide bonds. The summed E-state index contributed by atoms with van der Waals surface area (Å²) in [5.41, 5.74) is 1.77. The number of rotatable bonds is 4. The third kappa shape index (κ3) is 4.37. The molecule has 0 aliphatic carbocycles. The lowest BCUT2D eigenvalue weighted by molar-refractivity contribution is 0.0954. The summed E-state index contributed by atoms with van der Waals surface area (Å²) in [6.45, 7) is 0.604. The van der Waals surface area contributed by atoms with Crippen molar-refractivity contribution in [1.29, 1.82) is 0 Å². The molecule has 0 unspecified atom stereocenters. The van der Waals surface area contributed by atoms with Gasteiger partial charge in [-0.05, 0) is 30.2 Å². The van der Waals surface area contributed by atoms with Crippen LogP contribution in [0.2, 0.25) is 5.02 Å². The van der Waals surface area contributed by atoms with Crippen molar-refractivity contribution in [3.8, 4) is 0 Å². The van der Waals surface area contributed by atoms with Crippen LogP contribution in [0.5, 0.6) is 0 Å². The van der Waals surface area contributed by atoms with Gasteiger partial charge >= 0.3 is 0 Å². The minimum absolute atomic E-state index is 0.112. The summed E-state index contributed by atoms with van der Waals surface area (Å²) in [5.74, 6) is -0.112. The van der Waals surface area contributed by atoms with Crippen molar-refractivity contribution < 1.29 is 4.79 Å². The predicted octanol–water partition coefficient (Wildman–Crippen LogP) is 4.08. The van der Waals surface area contributed by atoms with Crippen LogP contribution in [0.25, 0.3) is 0 Å². The standard InChI is InChI=1S/C15H13BrClNO/c16-13-8-12(9-14(17)10-13)15(19)18-7-6-11-4-2-1-3-5-11/h1-5,8-10H,6-7H2,(H,18,19). The van der Waals surface area contributed by atoms with Gasteiger partial charge in [-0.15, -0.1) is 0 Å². The van der Waals surface area contributed by atoms with E-state index in [9.17, 15) is 4.79 Å². The zero-order valence-electron chi connectivity index (χ0n) is 10.2. The molecule has 0 saturated carbocycles. The van der Waals surface area contributed by atoms with Crippen LogP contribution in [-0.2, 0) is 6.42 Å². The Balaban J connectivity index is 1.91. The molecule has 0 atom stereocenters. The molecule has 0 spiro atoms. The van der Waals surface area contributed by atoms with E-state index < -0.39 is 0 Å². The lowest BCUT2D eigenvalue weighted by Crippen LogP contribution is -2.25. The molecule has 0 aliphatic heterocycles. The minimum Gasteiger partial charge on any atom is -0.352 e. The molecule has 0 aliphatic rings. The molecule has 98 valence electrons.